The summed E-state index contributed by atoms with van der Waals surface area (Å²) in [7, 11) is 8.61. The van der Waals surface area contributed by atoms with Crippen molar-refractivity contribution in [2.75, 3.05) is 34.5 Å². The van der Waals surface area contributed by atoms with Crippen LogP contribution in [0.15, 0.2) is 0 Å². The van der Waals surface area contributed by atoms with E-state index < -0.39 is 0 Å². The van der Waals surface area contributed by atoms with Crippen molar-refractivity contribution < 1.29 is 0 Å². The summed E-state index contributed by atoms with van der Waals surface area (Å²) >= 11 is 0. The van der Waals surface area contributed by atoms with Crippen molar-refractivity contribution in [3.8, 4) is 0 Å². The zero-order chi connectivity index (χ0) is 9.94. The van der Waals surface area contributed by atoms with E-state index in [0.29, 0.717) is 5.16 Å². The highest BCUT2D eigenvalue weighted by Crippen LogP contribution is 2.50. The van der Waals surface area contributed by atoms with Crippen LogP contribution in [0.2, 0.25) is 0 Å². The largest absolute Gasteiger partial charge is 0.304 e. The lowest BCUT2D eigenvalue weighted by atomic mass is 10.3. The van der Waals surface area contributed by atoms with Crippen molar-refractivity contribution in [2.45, 2.75) is 25.9 Å². The Morgan fingerprint density at radius 2 is 1.42 bits per heavy atom. The van der Waals surface area contributed by atoms with Gasteiger partial charge in [-0.2, -0.15) is 0 Å². The molecule has 0 rings (SSSR count). The number of hydrogen-bond donors (Lipinski definition) is 0. The van der Waals surface area contributed by atoms with Gasteiger partial charge in [-0.05, 0) is 41.4 Å². The van der Waals surface area contributed by atoms with E-state index in [1.165, 1.54) is 6.29 Å². The second kappa shape index (κ2) is 4.55. The highest BCUT2D eigenvalue weighted by Gasteiger charge is 2.26. The molecule has 1 atom stereocenters. The fraction of sp³-hybridized carbons (Fsp3) is 1.00. The van der Waals surface area contributed by atoms with E-state index >= 15 is 0 Å². The van der Waals surface area contributed by atoms with Crippen molar-refractivity contribution in [1.82, 2.24) is 9.57 Å². The predicted molar refractivity (Wildman–Crippen MR) is 58.9 cm³/mol. The quantitative estimate of drug-likeness (QED) is 0.630. The summed E-state index contributed by atoms with van der Waals surface area (Å²) in [6.45, 7) is 6.96. The van der Waals surface area contributed by atoms with E-state index in [4.69, 9.17) is 0 Å². The first-order chi connectivity index (χ1) is 5.25. The minimum absolute atomic E-state index is 0.0409. The first kappa shape index (κ1) is 12.3. The Kier molecular flexibility index (Phi) is 4.68. The molecule has 3 heteroatoms. The van der Waals surface area contributed by atoms with Crippen LogP contribution in [0.3, 0.4) is 0 Å². The highest BCUT2D eigenvalue weighted by molar-refractivity contribution is 7.56. The van der Waals surface area contributed by atoms with Gasteiger partial charge in [-0.25, -0.2) is 0 Å². The SMILES string of the molecule is CN(C)CP(N(C)C)C(C)(C)C. The zero-order valence-corrected chi connectivity index (χ0v) is 10.4. The topological polar surface area (TPSA) is 6.48 Å². The molecule has 0 amide bonds. The average Bonchev–Trinajstić information content (AvgIpc) is 1.79. The third-order valence-electron chi connectivity index (χ3n) is 1.67. The van der Waals surface area contributed by atoms with Crippen LogP contribution in [0.4, 0.5) is 0 Å². The highest BCUT2D eigenvalue weighted by atomic mass is 31.1. The van der Waals surface area contributed by atoms with Crippen LogP contribution in [0.25, 0.3) is 0 Å². The molecule has 12 heavy (non-hydrogen) atoms. The molecule has 0 fully saturated rings. The van der Waals surface area contributed by atoms with Crippen LogP contribution in [-0.4, -0.2) is 49.2 Å². The summed E-state index contributed by atoms with van der Waals surface area (Å²) in [4.78, 5) is 2.27. The van der Waals surface area contributed by atoms with Crippen LogP contribution < -0.4 is 0 Å². The summed E-state index contributed by atoms with van der Waals surface area (Å²) in [5.41, 5.74) is 0. The molecule has 0 heterocycles. The lowest BCUT2D eigenvalue weighted by Crippen LogP contribution is -2.28. The number of hydrogen-bond acceptors (Lipinski definition) is 2. The Morgan fingerprint density at radius 1 is 1.00 bits per heavy atom. The van der Waals surface area contributed by atoms with E-state index in [9.17, 15) is 0 Å². The Morgan fingerprint density at radius 3 is 1.50 bits per heavy atom. The Hall–Kier alpha value is 0.350. The van der Waals surface area contributed by atoms with E-state index in [1.807, 2.05) is 0 Å². The molecule has 0 aromatic rings. The molecule has 0 N–H and O–H groups in total. The fourth-order valence-electron chi connectivity index (χ4n) is 1.21. The minimum atomic E-state index is -0.0409. The lowest BCUT2D eigenvalue weighted by Gasteiger charge is -2.37. The lowest BCUT2D eigenvalue weighted by molar-refractivity contribution is 0.462. The van der Waals surface area contributed by atoms with Crippen LogP contribution in [0.1, 0.15) is 20.8 Å². The number of rotatable bonds is 3. The first-order valence-corrected chi connectivity index (χ1v) is 5.82. The maximum absolute atomic E-state index is 2.37. The van der Waals surface area contributed by atoms with E-state index in [2.05, 4.69) is 58.5 Å². The van der Waals surface area contributed by atoms with Gasteiger partial charge in [-0.15, -0.1) is 0 Å². The molecule has 74 valence electrons. The number of nitrogens with zero attached hydrogens (tertiary/aromatic N) is 2. The standard InChI is InChI=1S/C9H23N2P/c1-9(2,3)12(11(6)7)8-10(4)5/h8H2,1-7H3. The Balaban J connectivity index is 4.25. The van der Waals surface area contributed by atoms with Gasteiger partial charge in [0.25, 0.3) is 0 Å². The molecule has 0 radical (unpaired) electrons. The second-order valence-electron chi connectivity index (χ2n) is 4.64. The molecule has 0 aromatic carbocycles. The molecule has 0 spiro atoms. The van der Waals surface area contributed by atoms with E-state index in [-0.39, 0.29) is 8.07 Å². The van der Waals surface area contributed by atoms with Crippen molar-refractivity contribution in [1.29, 1.82) is 0 Å². The van der Waals surface area contributed by atoms with Crippen LogP contribution in [-0.2, 0) is 0 Å². The van der Waals surface area contributed by atoms with Gasteiger partial charge in [0, 0.05) is 6.29 Å². The predicted octanol–water partition coefficient (Wildman–Crippen LogP) is 2.26. The first-order valence-electron chi connectivity index (χ1n) is 4.34. The van der Waals surface area contributed by atoms with Crippen LogP contribution >= 0.6 is 8.07 Å². The molecule has 0 bridgehead atoms. The van der Waals surface area contributed by atoms with Gasteiger partial charge in [0.2, 0.25) is 0 Å². The van der Waals surface area contributed by atoms with Gasteiger partial charge in [0.05, 0.1) is 0 Å². The van der Waals surface area contributed by atoms with Gasteiger partial charge < -0.3 is 4.90 Å². The summed E-state index contributed by atoms with van der Waals surface area (Å²) in [5, 5.41) is 0.420. The van der Waals surface area contributed by atoms with Crippen molar-refractivity contribution >= 4 is 8.07 Å². The summed E-state index contributed by atoms with van der Waals surface area (Å²) in [6.07, 6.45) is 1.19. The molecule has 1 unspecified atom stereocenters. The van der Waals surface area contributed by atoms with Gasteiger partial charge in [-0.1, -0.05) is 20.8 Å². The molecule has 0 aromatic heterocycles. The van der Waals surface area contributed by atoms with Crippen molar-refractivity contribution in [3.05, 3.63) is 0 Å². The van der Waals surface area contributed by atoms with Gasteiger partial charge >= 0.3 is 0 Å². The van der Waals surface area contributed by atoms with Gasteiger partial charge in [0.1, 0.15) is 0 Å². The summed E-state index contributed by atoms with van der Waals surface area (Å²) in [6, 6.07) is 0. The molecule has 0 saturated carbocycles. The molecule has 0 aliphatic heterocycles. The monoisotopic (exact) mass is 190 g/mol. The van der Waals surface area contributed by atoms with Crippen LogP contribution in [0, 0.1) is 0 Å². The van der Waals surface area contributed by atoms with Crippen molar-refractivity contribution in [3.63, 3.8) is 0 Å². The molecular weight excluding hydrogens is 167 g/mol. The fourth-order valence-corrected chi connectivity index (χ4v) is 3.62. The van der Waals surface area contributed by atoms with Crippen molar-refractivity contribution in [2.24, 2.45) is 0 Å². The zero-order valence-electron chi connectivity index (χ0n) is 9.55. The summed E-state index contributed by atoms with van der Waals surface area (Å²) in [5.74, 6) is 0. The maximum atomic E-state index is 2.37. The summed E-state index contributed by atoms with van der Waals surface area (Å²) < 4.78 is 2.37. The van der Waals surface area contributed by atoms with Gasteiger partial charge in [0.15, 0.2) is 0 Å². The Bertz CT molecular complexity index is 127. The van der Waals surface area contributed by atoms with E-state index in [0.717, 1.165) is 0 Å². The average molecular weight is 190 g/mol. The van der Waals surface area contributed by atoms with E-state index in [1.54, 1.807) is 0 Å². The maximum Gasteiger partial charge on any atom is 0.0316 e. The normalized spacial score (nSPS) is 15.8. The Labute approximate surface area is 78.7 Å². The van der Waals surface area contributed by atoms with Gasteiger partial charge in [-0.3, -0.25) is 4.67 Å². The molecular formula is C9H23N2P. The third-order valence-corrected chi connectivity index (χ3v) is 5.02. The molecule has 0 aliphatic carbocycles. The second-order valence-corrected chi connectivity index (χ2v) is 7.86. The molecule has 0 aliphatic rings. The minimum Gasteiger partial charge on any atom is -0.304 e. The smallest absolute Gasteiger partial charge is 0.0316 e. The third kappa shape index (κ3) is 4.39. The molecule has 2 nitrogen and oxygen atoms in total. The molecule has 0 saturated heterocycles. The van der Waals surface area contributed by atoms with Crippen LogP contribution in [0.5, 0.6) is 0 Å².